The molecule has 37 heavy (non-hydrogen) atoms. The third kappa shape index (κ3) is 11.5. The fraction of sp³-hybridized carbons (Fsp3) is 0.433. The monoisotopic (exact) mass is 527 g/mol. The van der Waals surface area contributed by atoms with Crippen LogP contribution in [0.25, 0.3) is 10.8 Å². The normalized spacial score (nSPS) is 10.4. The van der Waals surface area contributed by atoms with E-state index in [1.165, 1.54) is 21.2 Å². The Hall–Kier alpha value is -2.74. The number of anilines is 1. The van der Waals surface area contributed by atoms with Gasteiger partial charge < -0.3 is 20.1 Å². The van der Waals surface area contributed by atoms with Crippen molar-refractivity contribution in [1.29, 1.82) is 0 Å². The minimum atomic E-state index is -0.763. The first-order valence-corrected chi connectivity index (χ1v) is 13.9. The molecule has 3 rings (SSSR count). The van der Waals surface area contributed by atoms with Gasteiger partial charge in [-0.25, -0.2) is 4.31 Å². The fourth-order valence-corrected chi connectivity index (χ4v) is 4.66. The van der Waals surface area contributed by atoms with E-state index in [1.807, 2.05) is 58.8 Å². The van der Waals surface area contributed by atoms with Crippen molar-refractivity contribution in [3.8, 4) is 5.75 Å². The summed E-state index contributed by atoms with van der Waals surface area (Å²) >= 11 is 1.74. The lowest BCUT2D eigenvalue weighted by molar-refractivity contribution is -0.137. The Morgan fingerprint density at radius 2 is 1.62 bits per heavy atom. The van der Waals surface area contributed by atoms with Crippen LogP contribution in [0.15, 0.2) is 65.6 Å². The SMILES string of the molecule is CC.CC.CNc1cccc2c(SN(C)Cc3cccc(OCCCN(C)CCC(=O)O)c3)cccc12. The summed E-state index contributed by atoms with van der Waals surface area (Å²) in [5.41, 5.74) is 2.33. The number of carboxylic acid groups (broad SMARTS) is 1. The summed E-state index contributed by atoms with van der Waals surface area (Å²) in [7, 11) is 5.99. The third-order valence-corrected chi connectivity index (χ3v) is 6.36. The first-order valence-electron chi connectivity index (χ1n) is 13.2. The van der Waals surface area contributed by atoms with Crippen molar-refractivity contribution in [2.24, 2.45) is 0 Å². The number of hydrogen-bond acceptors (Lipinski definition) is 6. The first kappa shape index (κ1) is 32.3. The van der Waals surface area contributed by atoms with Crippen molar-refractivity contribution in [1.82, 2.24) is 9.21 Å². The quantitative estimate of drug-likeness (QED) is 0.179. The van der Waals surface area contributed by atoms with Crippen molar-refractivity contribution < 1.29 is 14.6 Å². The summed E-state index contributed by atoms with van der Waals surface area (Å²) in [4.78, 5) is 13.9. The number of carboxylic acids is 1. The number of nitrogens with one attached hydrogen (secondary N) is 1. The summed E-state index contributed by atoms with van der Waals surface area (Å²) in [6.45, 7) is 10.8. The Morgan fingerprint density at radius 1 is 0.946 bits per heavy atom. The number of aliphatic carboxylic acids is 1. The van der Waals surface area contributed by atoms with Gasteiger partial charge >= 0.3 is 5.97 Å². The number of hydrogen-bond donors (Lipinski definition) is 2. The van der Waals surface area contributed by atoms with Crippen molar-refractivity contribution in [3.63, 3.8) is 0 Å². The highest BCUT2D eigenvalue weighted by Crippen LogP contribution is 2.33. The lowest BCUT2D eigenvalue weighted by atomic mass is 10.1. The van der Waals surface area contributed by atoms with Gasteiger partial charge in [0.1, 0.15) is 5.75 Å². The van der Waals surface area contributed by atoms with Gasteiger partial charge in [-0.1, -0.05) is 64.1 Å². The number of carbonyl (C=O) groups is 1. The highest BCUT2D eigenvalue weighted by atomic mass is 32.2. The number of fused-ring (bicyclic) bond motifs is 1. The average molecular weight is 528 g/mol. The molecule has 0 radical (unpaired) electrons. The standard InChI is InChI=1S/C26H33N3O3S.2C2H6/c1-27-24-12-5-11-23-22(24)10-6-13-25(23)33-29(3)19-20-8-4-9-21(18-20)32-17-7-15-28(2)16-14-26(30)31;2*1-2/h4-6,8-13,18,27H,7,14-17,19H2,1-3H3,(H,30,31);2*1-2H3. The molecule has 2 N–H and O–H groups in total. The molecular formula is C30H45N3O3S. The number of ether oxygens (including phenoxy) is 1. The van der Waals surface area contributed by atoms with E-state index in [4.69, 9.17) is 9.84 Å². The van der Waals surface area contributed by atoms with Crippen LogP contribution in [0.1, 0.15) is 46.1 Å². The smallest absolute Gasteiger partial charge is 0.304 e. The van der Waals surface area contributed by atoms with E-state index >= 15 is 0 Å². The van der Waals surface area contributed by atoms with E-state index in [2.05, 4.69) is 65.2 Å². The minimum Gasteiger partial charge on any atom is -0.494 e. The molecule has 0 aliphatic rings. The van der Waals surface area contributed by atoms with Gasteiger partial charge in [-0.2, -0.15) is 0 Å². The largest absolute Gasteiger partial charge is 0.494 e. The Bertz CT molecular complexity index is 1060. The Labute approximate surface area is 228 Å². The van der Waals surface area contributed by atoms with Crippen LogP contribution in [0.2, 0.25) is 0 Å². The van der Waals surface area contributed by atoms with E-state index in [1.54, 1.807) is 11.9 Å². The number of rotatable bonds is 13. The zero-order valence-electron chi connectivity index (χ0n) is 23.6. The topological polar surface area (TPSA) is 65.0 Å². The van der Waals surface area contributed by atoms with Crippen LogP contribution < -0.4 is 10.1 Å². The van der Waals surface area contributed by atoms with Gasteiger partial charge in [0.15, 0.2) is 0 Å². The van der Waals surface area contributed by atoms with E-state index in [0.29, 0.717) is 13.2 Å². The van der Waals surface area contributed by atoms with Crippen molar-refractivity contribution in [2.45, 2.75) is 52.0 Å². The average Bonchev–Trinajstić information content (AvgIpc) is 2.92. The highest BCUT2D eigenvalue weighted by molar-refractivity contribution is 7.97. The summed E-state index contributed by atoms with van der Waals surface area (Å²) in [6, 6.07) is 21.0. The van der Waals surface area contributed by atoms with Crippen LogP contribution >= 0.6 is 11.9 Å². The maximum atomic E-state index is 10.7. The summed E-state index contributed by atoms with van der Waals surface area (Å²) in [6.07, 6.45) is 1.02. The third-order valence-electron chi connectivity index (χ3n) is 5.37. The molecule has 0 aromatic heterocycles. The van der Waals surface area contributed by atoms with Crippen LogP contribution in [0.5, 0.6) is 5.75 Å². The Morgan fingerprint density at radius 3 is 2.32 bits per heavy atom. The molecule has 0 aliphatic heterocycles. The first-order chi connectivity index (χ1) is 18.0. The minimum absolute atomic E-state index is 0.167. The van der Waals surface area contributed by atoms with Crippen LogP contribution in [0, 0.1) is 0 Å². The van der Waals surface area contributed by atoms with Gasteiger partial charge in [0.25, 0.3) is 0 Å². The van der Waals surface area contributed by atoms with Crippen molar-refractivity contribution in [3.05, 3.63) is 66.2 Å². The maximum absolute atomic E-state index is 10.7. The number of nitrogens with zero attached hydrogens (tertiary/aromatic N) is 2. The molecule has 0 atom stereocenters. The second-order valence-electron chi connectivity index (χ2n) is 8.08. The predicted octanol–water partition coefficient (Wildman–Crippen LogP) is 7.25. The molecule has 204 valence electrons. The molecule has 0 aliphatic carbocycles. The van der Waals surface area contributed by atoms with Gasteiger partial charge in [-0.3, -0.25) is 4.79 Å². The fourth-order valence-electron chi connectivity index (χ4n) is 3.69. The zero-order valence-corrected chi connectivity index (χ0v) is 24.4. The van der Waals surface area contributed by atoms with E-state index < -0.39 is 5.97 Å². The van der Waals surface area contributed by atoms with E-state index in [-0.39, 0.29) is 6.42 Å². The second kappa shape index (κ2) is 18.5. The van der Waals surface area contributed by atoms with Crippen LogP contribution in [0.4, 0.5) is 5.69 Å². The highest BCUT2D eigenvalue weighted by Gasteiger charge is 2.09. The molecule has 0 fully saturated rings. The number of benzene rings is 3. The molecule has 3 aromatic carbocycles. The molecule has 0 spiro atoms. The molecule has 7 heteroatoms. The summed E-state index contributed by atoms with van der Waals surface area (Å²) in [5.74, 6) is 0.101. The summed E-state index contributed by atoms with van der Waals surface area (Å²) in [5, 5.41) is 14.5. The van der Waals surface area contributed by atoms with Gasteiger partial charge in [-0.05, 0) is 67.7 Å². The van der Waals surface area contributed by atoms with E-state index in [9.17, 15) is 4.79 Å². The zero-order chi connectivity index (χ0) is 27.6. The lowest BCUT2D eigenvalue weighted by Gasteiger charge is -2.18. The molecule has 0 unspecified atom stereocenters. The van der Waals surface area contributed by atoms with Crippen LogP contribution in [-0.2, 0) is 11.3 Å². The molecular weight excluding hydrogens is 482 g/mol. The van der Waals surface area contributed by atoms with Crippen LogP contribution in [0.3, 0.4) is 0 Å². The second-order valence-corrected chi connectivity index (χ2v) is 9.33. The van der Waals surface area contributed by atoms with Crippen LogP contribution in [-0.4, -0.2) is 61.1 Å². The lowest BCUT2D eigenvalue weighted by Crippen LogP contribution is -2.24. The van der Waals surface area contributed by atoms with Crippen molar-refractivity contribution >= 4 is 34.4 Å². The molecule has 0 saturated heterocycles. The molecule has 3 aromatic rings. The molecule has 0 heterocycles. The molecule has 0 amide bonds. The van der Waals surface area contributed by atoms with Gasteiger partial charge in [0, 0.05) is 42.7 Å². The summed E-state index contributed by atoms with van der Waals surface area (Å²) < 4.78 is 8.16. The molecule has 0 bridgehead atoms. The molecule has 6 nitrogen and oxygen atoms in total. The molecule has 0 saturated carbocycles. The van der Waals surface area contributed by atoms with Gasteiger partial charge in [0.2, 0.25) is 0 Å². The Balaban J connectivity index is 0.00000163. The van der Waals surface area contributed by atoms with Gasteiger partial charge in [0.05, 0.1) is 13.0 Å². The predicted molar refractivity (Wildman–Crippen MR) is 160 cm³/mol. The van der Waals surface area contributed by atoms with E-state index in [0.717, 1.165) is 30.9 Å². The maximum Gasteiger partial charge on any atom is 0.304 e. The van der Waals surface area contributed by atoms with Crippen molar-refractivity contribution in [2.75, 3.05) is 46.2 Å². The Kier molecular flexibility index (Phi) is 16.1. The van der Waals surface area contributed by atoms with Gasteiger partial charge in [-0.15, -0.1) is 0 Å².